The first-order chi connectivity index (χ1) is 10.7. The molecule has 0 aromatic carbocycles. The van der Waals surface area contributed by atoms with E-state index in [1.54, 1.807) is 0 Å². The summed E-state index contributed by atoms with van der Waals surface area (Å²) in [6.07, 6.45) is 2.93. The molecule has 0 saturated carbocycles. The number of hydrogen-bond acceptors (Lipinski definition) is 6. The van der Waals surface area contributed by atoms with E-state index in [-0.39, 0.29) is 17.6 Å². The number of nitrogens with one attached hydrogen (secondary N) is 2. The zero-order valence-corrected chi connectivity index (χ0v) is 14.0. The maximum atomic E-state index is 12.2. The van der Waals surface area contributed by atoms with Gasteiger partial charge in [-0.25, -0.2) is 9.80 Å². The Kier molecular flexibility index (Phi) is 4.93. The molecule has 128 valence electrons. The van der Waals surface area contributed by atoms with Crippen molar-refractivity contribution in [1.29, 1.82) is 0 Å². The third-order valence-corrected chi connectivity index (χ3v) is 3.62. The molecule has 8 nitrogen and oxygen atoms in total. The van der Waals surface area contributed by atoms with Gasteiger partial charge in [-0.2, -0.15) is 0 Å². The second kappa shape index (κ2) is 6.57. The minimum Gasteiger partial charge on any atom is -0.460 e. The number of nitrogens with zero attached hydrogens (tertiary/aromatic N) is 2. The van der Waals surface area contributed by atoms with Crippen molar-refractivity contribution in [2.24, 2.45) is 13.0 Å². The Morgan fingerprint density at radius 1 is 1.39 bits per heavy atom. The van der Waals surface area contributed by atoms with Crippen molar-refractivity contribution in [3.63, 3.8) is 0 Å². The van der Waals surface area contributed by atoms with Gasteiger partial charge in [0, 0.05) is 26.3 Å². The smallest absolute Gasteiger partial charge is 0.328 e. The normalized spacial score (nSPS) is 19.4. The summed E-state index contributed by atoms with van der Waals surface area (Å²) in [5, 5.41) is 1.81. The summed E-state index contributed by atoms with van der Waals surface area (Å²) in [5.74, 6) is -0.458. The third-order valence-electron chi connectivity index (χ3n) is 3.62. The zero-order valence-electron chi connectivity index (χ0n) is 14.0. The van der Waals surface area contributed by atoms with Gasteiger partial charge in [0.15, 0.2) is 0 Å². The summed E-state index contributed by atoms with van der Waals surface area (Å²) >= 11 is 0. The minimum absolute atomic E-state index is 0.224. The highest BCUT2D eigenvalue weighted by Gasteiger charge is 2.30. The summed E-state index contributed by atoms with van der Waals surface area (Å²) in [5.41, 5.74) is 1.87. The van der Waals surface area contributed by atoms with E-state index < -0.39 is 16.9 Å². The maximum absolute atomic E-state index is 12.2. The number of H-pyrrole nitrogens is 1. The maximum Gasteiger partial charge on any atom is 0.328 e. The minimum atomic E-state index is -0.512. The Hall–Kier alpha value is -2.09. The predicted octanol–water partition coefficient (Wildman–Crippen LogP) is 0.454. The lowest BCUT2D eigenvalue weighted by Gasteiger charge is -2.33. The van der Waals surface area contributed by atoms with Gasteiger partial charge >= 0.3 is 11.7 Å². The fourth-order valence-corrected chi connectivity index (χ4v) is 2.47. The van der Waals surface area contributed by atoms with Crippen molar-refractivity contribution in [3.05, 3.63) is 27.0 Å². The Bertz CT molecular complexity index is 686. The fraction of sp³-hybridized carbons (Fsp3) is 0.667. The number of carbonyl (C=O) groups excluding carboxylic acids is 1. The van der Waals surface area contributed by atoms with Crippen LogP contribution in [0.3, 0.4) is 0 Å². The number of hydrogen-bond donors (Lipinski definition) is 2. The topological polar surface area (TPSA) is 96.4 Å². The Labute approximate surface area is 134 Å². The van der Waals surface area contributed by atoms with Gasteiger partial charge in [-0.1, -0.05) is 0 Å². The van der Waals surface area contributed by atoms with Crippen LogP contribution in [0.1, 0.15) is 33.6 Å². The van der Waals surface area contributed by atoms with E-state index in [0.29, 0.717) is 13.1 Å². The van der Waals surface area contributed by atoms with Crippen molar-refractivity contribution < 1.29 is 9.53 Å². The van der Waals surface area contributed by atoms with Crippen LogP contribution in [0.2, 0.25) is 0 Å². The van der Waals surface area contributed by atoms with Crippen molar-refractivity contribution in [3.8, 4) is 0 Å². The number of aromatic nitrogens is 2. The van der Waals surface area contributed by atoms with Gasteiger partial charge in [-0.3, -0.25) is 14.2 Å². The molecule has 0 radical (unpaired) electrons. The number of ether oxygens (including phenoxy) is 1. The highest BCUT2D eigenvalue weighted by molar-refractivity contribution is 5.73. The first kappa shape index (κ1) is 17.3. The van der Waals surface area contributed by atoms with Crippen LogP contribution in [-0.2, 0) is 16.6 Å². The predicted molar refractivity (Wildman–Crippen MR) is 86.1 cm³/mol. The molecule has 1 aliphatic heterocycles. The van der Waals surface area contributed by atoms with Crippen LogP contribution in [0, 0.1) is 5.92 Å². The van der Waals surface area contributed by atoms with Crippen molar-refractivity contribution in [2.45, 2.75) is 39.2 Å². The average Bonchev–Trinajstić information content (AvgIpc) is 2.46. The van der Waals surface area contributed by atoms with Crippen LogP contribution in [0.5, 0.6) is 0 Å². The van der Waals surface area contributed by atoms with Crippen LogP contribution >= 0.6 is 0 Å². The third kappa shape index (κ3) is 4.44. The van der Waals surface area contributed by atoms with E-state index in [1.165, 1.54) is 13.2 Å². The van der Waals surface area contributed by atoms with E-state index in [4.69, 9.17) is 4.74 Å². The van der Waals surface area contributed by atoms with Crippen molar-refractivity contribution >= 4 is 11.7 Å². The number of piperidine rings is 1. The molecular formula is C15H24N4O4. The molecule has 1 atom stereocenters. The molecule has 0 amide bonds. The molecule has 2 N–H and O–H groups in total. The fourth-order valence-electron chi connectivity index (χ4n) is 2.47. The summed E-state index contributed by atoms with van der Waals surface area (Å²) < 4.78 is 6.43. The highest BCUT2D eigenvalue weighted by atomic mass is 16.6. The van der Waals surface area contributed by atoms with Gasteiger partial charge in [0.1, 0.15) is 11.3 Å². The van der Waals surface area contributed by atoms with Gasteiger partial charge in [-0.15, -0.1) is 0 Å². The monoisotopic (exact) mass is 324 g/mol. The molecular weight excluding hydrogens is 300 g/mol. The molecule has 1 saturated heterocycles. The number of esters is 1. The summed E-state index contributed by atoms with van der Waals surface area (Å²) in [7, 11) is 1.41. The second-order valence-electron chi connectivity index (χ2n) is 6.80. The van der Waals surface area contributed by atoms with Crippen molar-refractivity contribution in [2.75, 3.05) is 18.5 Å². The van der Waals surface area contributed by atoms with Gasteiger partial charge in [-0.05, 0) is 33.6 Å². The standard InChI is InChI=1S/C15H24N4O4/c1-15(2,3)23-13(21)10-6-5-7-19(9-10)17-11-8-16-14(22)18(4)12(11)20/h8,10,17H,5-7,9H2,1-4H3,(H,16,22)/t10-/m1/s1. The van der Waals surface area contributed by atoms with E-state index in [1.807, 2.05) is 25.8 Å². The molecule has 2 rings (SSSR count). The number of anilines is 1. The summed E-state index contributed by atoms with van der Waals surface area (Å²) in [6.45, 7) is 6.69. The highest BCUT2D eigenvalue weighted by Crippen LogP contribution is 2.20. The summed E-state index contributed by atoms with van der Waals surface area (Å²) in [6, 6.07) is 0. The number of aromatic amines is 1. The van der Waals surface area contributed by atoms with Gasteiger partial charge in [0.25, 0.3) is 5.56 Å². The second-order valence-corrected chi connectivity index (χ2v) is 6.80. The molecule has 1 fully saturated rings. The van der Waals surface area contributed by atoms with Gasteiger partial charge in [0.2, 0.25) is 0 Å². The van der Waals surface area contributed by atoms with Gasteiger partial charge in [0.05, 0.1) is 5.92 Å². The Balaban J connectivity index is 2.05. The molecule has 23 heavy (non-hydrogen) atoms. The quantitative estimate of drug-likeness (QED) is 0.784. The summed E-state index contributed by atoms with van der Waals surface area (Å²) in [4.78, 5) is 38.1. The molecule has 0 spiro atoms. The molecule has 0 bridgehead atoms. The Morgan fingerprint density at radius 2 is 2.09 bits per heavy atom. The molecule has 1 aromatic heterocycles. The van der Waals surface area contributed by atoms with Crippen LogP contribution in [0.15, 0.2) is 15.8 Å². The first-order valence-corrected chi connectivity index (χ1v) is 7.70. The lowest BCUT2D eigenvalue weighted by Crippen LogP contribution is -2.45. The van der Waals surface area contributed by atoms with Gasteiger partial charge < -0.3 is 15.1 Å². The molecule has 2 heterocycles. The van der Waals surface area contributed by atoms with Crippen LogP contribution in [0.4, 0.5) is 5.69 Å². The molecule has 0 aliphatic carbocycles. The Morgan fingerprint density at radius 3 is 2.74 bits per heavy atom. The van der Waals surface area contributed by atoms with E-state index >= 15 is 0 Å². The number of hydrazine groups is 1. The molecule has 1 aliphatic rings. The first-order valence-electron chi connectivity index (χ1n) is 7.70. The molecule has 0 unspecified atom stereocenters. The number of carbonyl (C=O) groups is 1. The van der Waals surface area contributed by atoms with E-state index in [9.17, 15) is 14.4 Å². The van der Waals surface area contributed by atoms with Crippen molar-refractivity contribution in [1.82, 2.24) is 14.6 Å². The average molecular weight is 324 g/mol. The lowest BCUT2D eigenvalue weighted by atomic mass is 9.99. The number of rotatable bonds is 3. The SMILES string of the molecule is Cn1c(=O)[nH]cc(NN2CCC[C@@H](C(=O)OC(C)(C)C)C2)c1=O. The molecule has 1 aromatic rings. The van der Waals surface area contributed by atoms with Crippen LogP contribution in [0.25, 0.3) is 0 Å². The largest absolute Gasteiger partial charge is 0.460 e. The lowest BCUT2D eigenvalue weighted by molar-refractivity contribution is -0.161. The zero-order chi connectivity index (χ0) is 17.2. The van der Waals surface area contributed by atoms with E-state index in [0.717, 1.165) is 17.4 Å². The van der Waals surface area contributed by atoms with Crippen LogP contribution in [-0.4, -0.2) is 39.2 Å². The molecule has 8 heteroatoms. The van der Waals surface area contributed by atoms with Crippen LogP contribution < -0.4 is 16.7 Å². The van der Waals surface area contributed by atoms with E-state index in [2.05, 4.69) is 10.4 Å².